The molecule has 0 spiro atoms. The third-order valence-electron chi connectivity index (χ3n) is 3.11. The predicted molar refractivity (Wildman–Crippen MR) is 84.1 cm³/mol. The molecule has 3 nitrogen and oxygen atoms in total. The van der Waals surface area contributed by atoms with Gasteiger partial charge in [-0.2, -0.15) is 0 Å². The van der Waals surface area contributed by atoms with Gasteiger partial charge in [0, 0.05) is 17.5 Å². The summed E-state index contributed by atoms with van der Waals surface area (Å²) in [6, 6.07) is 12.1. The molecule has 102 valence electrons. The summed E-state index contributed by atoms with van der Waals surface area (Å²) in [5.41, 5.74) is 2.80. The van der Waals surface area contributed by atoms with E-state index in [0.29, 0.717) is 6.54 Å². The lowest BCUT2D eigenvalue weighted by Gasteiger charge is -2.11. The molecule has 0 aliphatic carbocycles. The van der Waals surface area contributed by atoms with E-state index in [2.05, 4.69) is 28.3 Å². The van der Waals surface area contributed by atoms with E-state index in [-0.39, 0.29) is 6.04 Å². The molecular formula is C15H14ClN3S. The third-order valence-corrected chi connectivity index (χ3v) is 4.52. The molecule has 1 atom stereocenters. The first-order valence-electron chi connectivity index (χ1n) is 6.41. The van der Waals surface area contributed by atoms with Gasteiger partial charge in [0.2, 0.25) is 0 Å². The molecular weight excluding hydrogens is 290 g/mol. The van der Waals surface area contributed by atoms with Crippen LogP contribution < -0.4 is 5.32 Å². The fourth-order valence-corrected chi connectivity index (χ4v) is 3.09. The number of thiophene rings is 1. The zero-order chi connectivity index (χ0) is 13.9. The van der Waals surface area contributed by atoms with Gasteiger partial charge in [0.25, 0.3) is 0 Å². The first-order chi connectivity index (χ1) is 9.72. The minimum absolute atomic E-state index is 0.251. The normalized spacial score (nSPS) is 12.7. The molecule has 3 aromatic rings. The van der Waals surface area contributed by atoms with Crippen molar-refractivity contribution in [1.29, 1.82) is 0 Å². The summed E-state index contributed by atoms with van der Waals surface area (Å²) >= 11 is 7.56. The smallest absolute Gasteiger partial charge is 0.0931 e. The minimum atomic E-state index is 0.251. The highest BCUT2D eigenvalue weighted by atomic mass is 35.5. The zero-order valence-corrected chi connectivity index (χ0v) is 12.6. The largest absolute Gasteiger partial charge is 0.304 e. The topological polar surface area (TPSA) is 37.8 Å². The van der Waals surface area contributed by atoms with Crippen LogP contribution >= 0.6 is 22.9 Å². The quantitative estimate of drug-likeness (QED) is 0.785. The van der Waals surface area contributed by atoms with Gasteiger partial charge in [0.1, 0.15) is 0 Å². The van der Waals surface area contributed by atoms with Crippen LogP contribution in [-0.2, 0) is 6.54 Å². The summed E-state index contributed by atoms with van der Waals surface area (Å²) in [5.74, 6) is 0. The number of para-hydroxylation sites is 2. The number of aromatic nitrogens is 2. The van der Waals surface area contributed by atoms with Crippen molar-refractivity contribution in [2.45, 2.75) is 19.5 Å². The number of nitrogens with zero attached hydrogens (tertiary/aromatic N) is 2. The van der Waals surface area contributed by atoms with Crippen LogP contribution in [0.2, 0.25) is 4.34 Å². The Hall–Kier alpha value is -1.49. The Morgan fingerprint density at radius 3 is 2.75 bits per heavy atom. The van der Waals surface area contributed by atoms with Gasteiger partial charge in [-0.25, -0.2) is 4.98 Å². The first kappa shape index (κ1) is 13.5. The fraction of sp³-hybridized carbons (Fsp3) is 0.200. The predicted octanol–water partition coefficient (Wildman–Crippen LogP) is 4.20. The van der Waals surface area contributed by atoms with Gasteiger partial charge in [-0.05, 0) is 31.2 Å². The monoisotopic (exact) mass is 303 g/mol. The van der Waals surface area contributed by atoms with Crippen molar-refractivity contribution < 1.29 is 0 Å². The Labute approximate surface area is 126 Å². The molecule has 0 fully saturated rings. The second-order valence-electron chi connectivity index (χ2n) is 4.59. The van der Waals surface area contributed by atoms with Gasteiger partial charge >= 0.3 is 0 Å². The van der Waals surface area contributed by atoms with Gasteiger partial charge < -0.3 is 5.32 Å². The highest BCUT2D eigenvalue weighted by Gasteiger charge is 2.08. The zero-order valence-electron chi connectivity index (χ0n) is 11.0. The van der Waals surface area contributed by atoms with Crippen LogP contribution in [0.1, 0.15) is 23.5 Å². The molecule has 1 N–H and O–H groups in total. The number of hydrogen-bond donors (Lipinski definition) is 1. The van der Waals surface area contributed by atoms with Crippen molar-refractivity contribution in [1.82, 2.24) is 15.3 Å². The second-order valence-corrected chi connectivity index (χ2v) is 6.34. The first-order valence-corrected chi connectivity index (χ1v) is 7.61. The van der Waals surface area contributed by atoms with Gasteiger partial charge in [-0.15, -0.1) is 11.3 Å². The van der Waals surface area contributed by atoms with Crippen molar-refractivity contribution in [2.75, 3.05) is 0 Å². The molecule has 0 saturated heterocycles. The molecule has 0 aliphatic heterocycles. The van der Waals surface area contributed by atoms with E-state index in [1.54, 1.807) is 11.3 Å². The standard InChI is InChI=1S/C15H14ClN3S/c1-10(14-6-7-15(16)20-14)17-8-11-9-18-12-4-2-3-5-13(12)19-11/h2-7,9-10,17H,8H2,1H3. The maximum Gasteiger partial charge on any atom is 0.0931 e. The van der Waals surface area contributed by atoms with Crippen molar-refractivity contribution in [3.05, 3.63) is 57.5 Å². The van der Waals surface area contributed by atoms with Crippen LogP contribution in [0, 0.1) is 0 Å². The second kappa shape index (κ2) is 5.87. The molecule has 0 bridgehead atoms. The van der Waals surface area contributed by atoms with Crippen molar-refractivity contribution in [3.8, 4) is 0 Å². The summed E-state index contributed by atoms with van der Waals surface area (Å²) < 4.78 is 0.819. The van der Waals surface area contributed by atoms with Gasteiger partial charge in [-0.3, -0.25) is 4.98 Å². The molecule has 5 heteroatoms. The number of rotatable bonds is 4. The molecule has 0 radical (unpaired) electrons. The molecule has 3 rings (SSSR count). The molecule has 2 aromatic heterocycles. The number of nitrogens with one attached hydrogen (secondary N) is 1. The van der Waals surface area contributed by atoms with E-state index in [4.69, 9.17) is 11.6 Å². The van der Waals surface area contributed by atoms with Crippen LogP contribution in [-0.4, -0.2) is 9.97 Å². The summed E-state index contributed by atoms with van der Waals surface area (Å²) in [5, 5.41) is 3.44. The average molecular weight is 304 g/mol. The number of fused-ring (bicyclic) bond motifs is 1. The van der Waals surface area contributed by atoms with Crippen LogP contribution in [0.3, 0.4) is 0 Å². The van der Waals surface area contributed by atoms with E-state index < -0.39 is 0 Å². The van der Waals surface area contributed by atoms with E-state index >= 15 is 0 Å². The highest BCUT2D eigenvalue weighted by Crippen LogP contribution is 2.26. The lowest BCUT2D eigenvalue weighted by molar-refractivity contribution is 0.575. The lowest BCUT2D eigenvalue weighted by atomic mass is 10.2. The average Bonchev–Trinajstić information content (AvgIpc) is 2.91. The Bertz CT molecular complexity index is 726. The maximum atomic E-state index is 5.96. The summed E-state index contributed by atoms with van der Waals surface area (Å²) in [7, 11) is 0. The fourth-order valence-electron chi connectivity index (χ4n) is 2.00. The Morgan fingerprint density at radius 2 is 2.00 bits per heavy atom. The summed E-state index contributed by atoms with van der Waals surface area (Å²) in [4.78, 5) is 10.2. The maximum absolute atomic E-state index is 5.96. The molecule has 1 unspecified atom stereocenters. The van der Waals surface area contributed by atoms with Crippen molar-refractivity contribution >= 4 is 34.0 Å². The molecule has 20 heavy (non-hydrogen) atoms. The number of halogens is 1. The lowest BCUT2D eigenvalue weighted by Crippen LogP contribution is -2.18. The van der Waals surface area contributed by atoms with Gasteiger partial charge in [-0.1, -0.05) is 23.7 Å². The third kappa shape index (κ3) is 2.98. The Kier molecular flexibility index (Phi) is 3.96. The Morgan fingerprint density at radius 1 is 1.20 bits per heavy atom. The number of hydrogen-bond acceptors (Lipinski definition) is 4. The molecule has 0 amide bonds. The van der Waals surface area contributed by atoms with E-state index in [1.807, 2.05) is 36.5 Å². The van der Waals surface area contributed by atoms with Crippen LogP contribution in [0.15, 0.2) is 42.6 Å². The van der Waals surface area contributed by atoms with Crippen LogP contribution in [0.4, 0.5) is 0 Å². The molecule has 0 aliphatic rings. The van der Waals surface area contributed by atoms with E-state index in [9.17, 15) is 0 Å². The SMILES string of the molecule is CC(NCc1cnc2ccccc2n1)c1ccc(Cl)s1. The number of benzene rings is 1. The van der Waals surface area contributed by atoms with E-state index in [0.717, 1.165) is 21.1 Å². The summed E-state index contributed by atoms with van der Waals surface area (Å²) in [6.45, 7) is 2.81. The van der Waals surface area contributed by atoms with Crippen molar-refractivity contribution in [2.24, 2.45) is 0 Å². The van der Waals surface area contributed by atoms with E-state index in [1.165, 1.54) is 4.88 Å². The van der Waals surface area contributed by atoms with Crippen molar-refractivity contribution in [3.63, 3.8) is 0 Å². The molecule has 2 heterocycles. The summed E-state index contributed by atoms with van der Waals surface area (Å²) in [6.07, 6.45) is 1.82. The molecule has 0 saturated carbocycles. The van der Waals surface area contributed by atoms with Crippen LogP contribution in [0.5, 0.6) is 0 Å². The van der Waals surface area contributed by atoms with Gasteiger partial charge in [0.05, 0.1) is 27.3 Å². The van der Waals surface area contributed by atoms with Crippen LogP contribution in [0.25, 0.3) is 11.0 Å². The highest BCUT2D eigenvalue weighted by molar-refractivity contribution is 7.16. The molecule has 1 aromatic carbocycles. The minimum Gasteiger partial charge on any atom is -0.304 e. The Balaban J connectivity index is 1.70. The van der Waals surface area contributed by atoms with Gasteiger partial charge in [0.15, 0.2) is 0 Å².